The Labute approximate surface area is 116 Å². The first-order valence-electron chi connectivity index (χ1n) is 5.03. The van der Waals surface area contributed by atoms with E-state index >= 15 is 0 Å². The van der Waals surface area contributed by atoms with Crippen molar-refractivity contribution in [2.75, 3.05) is 14.2 Å². The first-order chi connectivity index (χ1) is 8.16. The predicted molar refractivity (Wildman–Crippen MR) is 75.6 cm³/mol. The molecular formula is C12H17Cl2GeO2. The molecular weight excluding hydrogens is 320 g/mol. The maximum atomic E-state index is 7.00. The molecule has 0 spiro atoms. The molecule has 0 bridgehead atoms. The van der Waals surface area contributed by atoms with Gasteiger partial charge in [0.15, 0.2) is 0 Å². The van der Waals surface area contributed by atoms with Crippen LogP contribution in [-0.4, -0.2) is 31.8 Å². The van der Waals surface area contributed by atoms with E-state index in [0.717, 1.165) is 12.7 Å². The molecule has 0 amide bonds. The average Bonchev–Trinajstić information content (AvgIpc) is 2.33. The third-order valence-corrected chi connectivity index (χ3v) is 6.95. The van der Waals surface area contributed by atoms with Crippen LogP contribution in [0.5, 0.6) is 0 Å². The zero-order chi connectivity index (χ0) is 13.3. The van der Waals surface area contributed by atoms with Gasteiger partial charge in [0.05, 0.1) is 0 Å². The van der Waals surface area contributed by atoms with Gasteiger partial charge >= 0.3 is 104 Å². The van der Waals surface area contributed by atoms with Crippen LogP contribution in [0.3, 0.4) is 0 Å². The van der Waals surface area contributed by atoms with Gasteiger partial charge in [-0.1, -0.05) is 0 Å². The molecule has 1 N–H and O–H groups in total. The zero-order valence-corrected chi connectivity index (χ0v) is 13.8. The summed E-state index contributed by atoms with van der Waals surface area (Å²) in [4.78, 5) is 0. The van der Waals surface area contributed by atoms with Crippen LogP contribution in [0.25, 0.3) is 0 Å². The van der Waals surface area contributed by atoms with Crippen molar-refractivity contribution in [1.29, 1.82) is 0 Å². The molecule has 1 atom stereocenters. The monoisotopic (exact) mass is 337 g/mol. The SMILES string of the molecule is CO.CO/C=C(/C)[CH](c1ccccc1)[Ge]([Cl])[Cl]. The Kier molecular flexibility index (Phi) is 9.74. The molecule has 0 saturated heterocycles. The molecule has 0 aliphatic heterocycles. The molecule has 0 aliphatic rings. The van der Waals surface area contributed by atoms with Crippen molar-refractivity contribution in [1.82, 2.24) is 0 Å². The van der Waals surface area contributed by atoms with Gasteiger partial charge in [-0.05, 0) is 0 Å². The number of hydrogen-bond acceptors (Lipinski definition) is 2. The normalized spacial score (nSPS) is 12.8. The van der Waals surface area contributed by atoms with Gasteiger partial charge in [0, 0.05) is 7.11 Å². The van der Waals surface area contributed by atoms with Crippen molar-refractivity contribution in [2.45, 2.75) is 11.7 Å². The van der Waals surface area contributed by atoms with Crippen molar-refractivity contribution in [2.24, 2.45) is 0 Å². The topological polar surface area (TPSA) is 29.5 Å². The van der Waals surface area contributed by atoms with E-state index in [2.05, 4.69) is 12.1 Å². The standard InChI is InChI=1S/C11H13Cl2GeO.CH4O/c1-9(8-15-2)11(14(12)13)10-6-4-3-5-7-10;1-2/h3-8,11H,1-2H3;2H,1H3/b9-8-;. The molecule has 1 unspecified atom stereocenters. The summed E-state index contributed by atoms with van der Waals surface area (Å²) in [5.41, 5.74) is 2.26. The summed E-state index contributed by atoms with van der Waals surface area (Å²) in [5.74, 6) is 0. The van der Waals surface area contributed by atoms with E-state index in [1.165, 1.54) is 5.56 Å². The molecule has 95 valence electrons. The number of aliphatic hydroxyl groups is 1. The number of hydrogen-bond donors (Lipinski definition) is 1. The second-order valence-corrected chi connectivity index (χ2v) is 10.9. The average molecular weight is 337 g/mol. The summed E-state index contributed by atoms with van der Waals surface area (Å²) < 4.78 is 5.15. The van der Waals surface area contributed by atoms with Gasteiger partial charge in [0.25, 0.3) is 0 Å². The third-order valence-electron chi connectivity index (χ3n) is 2.11. The molecule has 1 radical (unpaired) electrons. The van der Waals surface area contributed by atoms with E-state index in [9.17, 15) is 0 Å². The number of halogens is 2. The molecule has 0 heterocycles. The minimum atomic E-state index is -2.07. The second-order valence-electron chi connectivity index (χ2n) is 3.23. The van der Waals surface area contributed by atoms with Gasteiger partial charge in [0.2, 0.25) is 0 Å². The van der Waals surface area contributed by atoms with Crippen LogP contribution in [0.2, 0.25) is 0 Å². The van der Waals surface area contributed by atoms with Crippen LogP contribution in [-0.2, 0) is 4.74 Å². The third kappa shape index (κ3) is 5.82. The zero-order valence-electron chi connectivity index (χ0n) is 10.2. The molecule has 1 aromatic carbocycles. The van der Waals surface area contributed by atoms with Gasteiger partial charge in [-0.2, -0.15) is 0 Å². The number of benzene rings is 1. The first-order valence-corrected chi connectivity index (χ1v) is 11.8. The Bertz CT molecular complexity index is 329. The Morgan fingerprint density at radius 2 is 1.82 bits per heavy atom. The summed E-state index contributed by atoms with van der Waals surface area (Å²) in [6, 6.07) is 10.1. The Morgan fingerprint density at radius 3 is 2.24 bits per heavy atom. The van der Waals surface area contributed by atoms with Crippen LogP contribution in [0.4, 0.5) is 0 Å². The number of allylic oxidation sites excluding steroid dienone is 1. The molecule has 1 aromatic rings. The summed E-state index contributed by atoms with van der Waals surface area (Å²) in [5, 5.41) is 7.00. The summed E-state index contributed by atoms with van der Waals surface area (Å²) in [7, 11) is 14.9. The van der Waals surface area contributed by atoms with E-state index < -0.39 is 12.5 Å². The van der Waals surface area contributed by atoms with Gasteiger partial charge in [-0.3, -0.25) is 0 Å². The van der Waals surface area contributed by atoms with Gasteiger partial charge in [-0.25, -0.2) is 0 Å². The molecule has 0 aromatic heterocycles. The summed E-state index contributed by atoms with van der Waals surface area (Å²) >= 11 is -2.07. The first kappa shape index (κ1) is 16.8. The summed E-state index contributed by atoms with van der Waals surface area (Å²) in [6.07, 6.45) is 1.72. The number of ether oxygens (including phenoxy) is 1. The van der Waals surface area contributed by atoms with Gasteiger partial charge in [-0.15, -0.1) is 0 Å². The van der Waals surface area contributed by atoms with Crippen LogP contribution in [0, 0.1) is 0 Å². The van der Waals surface area contributed by atoms with Crippen molar-refractivity contribution in [3.05, 3.63) is 47.7 Å². The van der Waals surface area contributed by atoms with Crippen LogP contribution < -0.4 is 0 Å². The van der Waals surface area contributed by atoms with Crippen molar-refractivity contribution in [3.63, 3.8) is 0 Å². The fourth-order valence-electron chi connectivity index (χ4n) is 1.46. The molecule has 17 heavy (non-hydrogen) atoms. The Balaban J connectivity index is 0.00000121. The van der Waals surface area contributed by atoms with Crippen LogP contribution in [0.15, 0.2) is 42.2 Å². The van der Waals surface area contributed by atoms with E-state index in [-0.39, 0.29) is 4.75 Å². The van der Waals surface area contributed by atoms with E-state index in [1.54, 1.807) is 13.4 Å². The van der Waals surface area contributed by atoms with Crippen molar-refractivity contribution < 1.29 is 9.84 Å². The molecule has 5 heteroatoms. The maximum absolute atomic E-state index is 7.00. The number of aliphatic hydroxyl groups excluding tert-OH is 1. The fraction of sp³-hybridized carbons (Fsp3) is 0.333. The number of methoxy groups -OCH3 is 1. The van der Waals surface area contributed by atoms with Gasteiger partial charge in [0.1, 0.15) is 0 Å². The quantitative estimate of drug-likeness (QED) is 0.674. The van der Waals surface area contributed by atoms with Crippen molar-refractivity contribution >= 4 is 32.5 Å². The number of rotatable bonds is 4. The van der Waals surface area contributed by atoms with Crippen LogP contribution in [0.1, 0.15) is 17.2 Å². The second kappa shape index (κ2) is 9.83. The molecule has 0 saturated carbocycles. The molecule has 2 nitrogen and oxygen atoms in total. The van der Waals surface area contributed by atoms with E-state index in [0.29, 0.717) is 0 Å². The Hall–Kier alpha value is -0.157. The molecule has 0 fully saturated rings. The van der Waals surface area contributed by atoms with E-state index in [4.69, 9.17) is 29.9 Å². The Morgan fingerprint density at radius 1 is 1.29 bits per heavy atom. The van der Waals surface area contributed by atoms with Crippen molar-refractivity contribution in [3.8, 4) is 0 Å². The predicted octanol–water partition coefficient (Wildman–Crippen LogP) is 3.43. The molecule has 0 aliphatic carbocycles. The van der Waals surface area contributed by atoms with Crippen LogP contribution >= 0.6 is 20.0 Å². The fourth-order valence-corrected chi connectivity index (χ4v) is 6.36. The minimum absolute atomic E-state index is 0.148. The van der Waals surface area contributed by atoms with E-state index in [1.807, 2.05) is 25.1 Å². The van der Waals surface area contributed by atoms with Gasteiger partial charge < -0.3 is 5.11 Å². The molecule has 1 rings (SSSR count). The summed E-state index contributed by atoms with van der Waals surface area (Å²) in [6.45, 7) is 2.00.